The zero-order chi connectivity index (χ0) is 8.97. The van der Waals surface area contributed by atoms with Gasteiger partial charge in [-0.3, -0.25) is 4.98 Å². The Kier molecular flexibility index (Phi) is 3.20. The van der Waals surface area contributed by atoms with Crippen LogP contribution in [-0.4, -0.2) is 4.98 Å². The summed E-state index contributed by atoms with van der Waals surface area (Å²) < 4.78 is 12.2. The highest BCUT2D eigenvalue weighted by molar-refractivity contribution is 5.10. The second-order valence-corrected chi connectivity index (χ2v) is 3.35. The van der Waals surface area contributed by atoms with Crippen molar-refractivity contribution < 1.29 is 4.39 Å². The second kappa shape index (κ2) is 4.19. The lowest BCUT2D eigenvalue weighted by molar-refractivity contribution is 0.474. The molecule has 0 saturated heterocycles. The molecule has 1 rings (SSSR count). The number of aromatic nitrogens is 1. The Hall–Kier alpha value is -0.920. The summed E-state index contributed by atoms with van der Waals surface area (Å²) in [5.74, 6) is 0.576. The summed E-state index contributed by atoms with van der Waals surface area (Å²) >= 11 is 0. The van der Waals surface area contributed by atoms with Crippen molar-refractivity contribution in [2.24, 2.45) is 5.92 Å². The summed E-state index contributed by atoms with van der Waals surface area (Å²) in [5, 5.41) is 0. The van der Waals surface area contributed by atoms with Crippen molar-refractivity contribution in [1.82, 2.24) is 4.98 Å². The molecule has 0 radical (unpaired) electrons. The van der Waals surface area contributed by atoms with E-state index in [1.807, 2.05) is 12.1 Å². The smallest absolute Gasteiger partial charge is 0.131 e. The van der Waals surface area contributed by atoms with Gasteiger partial charge in [-0.1, -0.05) is 19.9 Å². The zero-order valence-corrected chi connectivity index (χ0v) is 7.55. The number of halogens is 1. The Morgan fingerprint density at radius 2 is 2.00 bits per heavy atom. The number of nitrogens with zero attached hydrogens (tertiary/aromatic N) is 1. The molecule has 0 amide bonds. The van der Waals surface area contributed by atoms with Gasteiger partial charge < -0.3 is 0 Å². The van der Waals surface area contributed by atoms with E-state index in [0.717, 1.165) is 12.1 Å². The average molecular weight is 167 g/mol. The Bertz CT molecular complexity index is 245. The second-order valence-electron chi connectivity index (χ2n) is 3.35. The summed E-state index contributed by atoms with van der Waals surface area (Å²) in [6.07, 6.45) is 0.924. The van der Waals surface area contributed by atoms with Crippen LogP contribution >= 0.6 is 0 Å². The topological polar surface area (TPSA) is 12.9 Å². The van der Waals surface area contributed by atoms with E-state index in [2.05, 4.69) is 18.8 Å². The highest BCUT2D eigenvalue weighted by Crippen LogP contribution is 2.06. The van der Waals surface area contributed by atoms with Gasteiger partial charge in [0.1, 0.15) is 6.67 Å². The van der Waals surface area contributed by atoms with Crippen LogP contribution in [0.1, 0.15) is 25.2 Å². The van der Waals surface area contributed by atoms with Crippen LogP contribution in [0.15, 0.2) is 18.2 Å². The largest absolute Gasteiger partial charge is 0.255 e. The molecule has 1 nitrogen and oxygen atoms in total. The highest BCUT2D eigenvalue weighted by atomic mass is 19.1. The molecule has 0 unspecified atom stereocenters. The molecular weight excluding hydrogens is 153 g/mol. The van der Waals surface area contributed by atoms with Crippen molar-refractivity contribution in [2.75, 3.05) is 0 Å². The molecule has 0 saturated carbocycles. The van der Waals surface area contributed by atoms with Crippen LogP contribution in [0.25, 0.3) is 0 Å². The van der Waals surface area contributed by atoms with E-state index in [0.29, 0.717) is 11.6 Å². The van der Waals surface area contributed by atoms with Crippen LogP contribution in [0.3, 0.4) is 0 Å². The Labute approximate surface area is 72.6 Å². The predicted octanol–water partition coefficient (Wildman–Crippen LogP) is 2.75. The maximum atomic E-state index is 12.2. The van der Waals surface area contributed by atoms with Crippen molar-refractivity contribution in [3.63, 3.8) is 0 Å². The van der Waals surface area contributed by atoms with Crippen LogP contribution < -0.4 is 0 Å². The monoisotopic (exact) mass is 167 g/mol. The molecule has 0 atom stereocenters. The molecule has 12 heavy (non-hydrogen) atoms. The molecular formula is C10H14FN. The minimum atomic E-state index is -0.466. The van der Waals surface area contributed by atoms with Crippen LogP contribution in [0.4, 0.5) is 4.39 Å². The maximum absolute atomic E-state index is 12.2. The first-order valence-electron chi connectivity index (χ1n) is 4.23. The van der Waals surface area contributed by atoms with E-state index in [-0.39, 0.29) is 0 Å². The predicted molar refractivity (Wildman–Crippen MR) is 47.6 cm³/mol. The van der Waals surface area contributed by atoms with Crippen molar-refractivity contribution in [3.8, 4) is 0 Å². The van der Waals surface area contributed by atoms with Gasteiger partial charge in [0.05, 0.1) is 5.69 Å². The summed E-state index contributed by atoms with van der Waals surface area (Å²) in [7, 11) is 0. The Balaban J connectivity index is 2.72. The quantitative estimate of drug-likeness (QED) is 0.674. The molecule has 0 aromatic carbocycles. The fourth-order valence-electron chi connectivity index (χ4n) is 1.14. The molecule has 0 bridgehead atoms. The zero-order valence-electron chi connectivity index (χ0n) is 7.55. The minimum Gasteiger partial charge on any atom is -0.255 e. The molecule has 0 aliphatic heterocycles. The van der Waals surface area contributed by atoms with Gasteiger partial charge in [-0.2, -0.15) is 0 Å². The SMILES string of the molecule is CC(C)Cc1cccc(CF)n1. The lowest BCUT2D eigenvalue weighted by Crippen LogP contribution is -1.98. The van der Waals surface area contributed by atoms with Gasteiger partial charge in [0.2, 0.25) is 0 Å². The van der Waals surface area contributed by atoms with E-state index in [1.165, 1.54) is 0 Å². The van der Waals surface area contributed by atoms with Crippen LogP contribution in [0.2, 0.25) is 0 Å². The van der Waals surface area contributed by atoms with Gasteiger partial charge in [0.15, 0.2) is 0 Å². The maximum Gasteiger partial charge on any atom is 0.131 e. The molecule has 0 spiro atoms. The summed E-state index contributed by atoms with van der Waals surface area (Å²) in [5.41, 5.74) is 1.52. The molecule has 0 aliphatic rings. The third-order valence-corrected chi connectivity index (χ3v) is 1.62. The number of hydrogen-bond acceptors (Lipinski definition) is 1. The van der Waals surface area contributed by atoms with Crippen LogP contribution in [0.5, 0.6) is 0 Å². The number of hydrogen-bond donors (Lipinski definition) is 0. The van der Waals surface area contributed by atoms with Gasteiger partial charge in [-0.25, -0.2) is 4.39 Å². The molecule has 0 fully saturated rings. The van der Waals surface area contributed by atoms with E-state index < -0.39 is 6.67 Å². The molecule has 2 heteroatoms. The lowest BCUT2D eigenvalue weighted by atomic mass is 10.1. The normalized spacial score (nSPS) is 10.7. The van der Waals surface area contributed by atoms with Crippen LogP contribution in [0, 0.1) is 5.92 Å². The van der Waals surface area contributed by atoms with Crippen molar-refractivity contribution >= 4 is 0 Å². The fourth-order valence-corrected chi connectivity index (χ4v) is 1.14. The summed E-state index contributed by atoms with van der Waals surface area (Å²) in [6, 6.07) is 5.52. The van der Waals surface area contributed by atoms with Crippen molar-refractivity contribution in [2.45, 2.75) is 26.9 Å². The molecule has 1 aromatic heterocycles. The minimum absolute atomic E-state index is 0.466. The van der Waals surface area contributed by atoms with Gasteiger partial charge in [-0.15, -0.1) is 0 Å². The van der Waals surface area contributed by atoms with Gasteiger partial charge in [0.25, 0.3) is 0 Å². The summed E-state index contributed by atoms with van der Waals surface area (Å²) in [6.45, 7) is 3.79. The van der Waals surface area contributed by atoms with Crippen molar-refractivity contribution in [1.29, 1.82) is 0 Å². The lowest BCUT2D eigenvalue weighted by Gasteiger charge is -2.04. The van der Waals surface area contributed by atoms with Crippen molar-refractivity contribution in [3.05, 3.63) is 29.6 Å². The standard InChI is InChI=1S/C10H14FN/c1-8(2)6-9-4-3-5-10(7-11)12-9/h3-5,8H,6-7H2,1-2H3. The van der Waals surface area contributed by atoms with E-state index in [4.69, 9.17) is 0 Å². The first kappa shape index (κ1) is 9.17. The number of pyridine rings is 1. The van der Waals surface area contributed by atoms with Gasteiger partial charge >= 0.3 is 0 Å². The third kappa shape index (κ3) is 2.61. The molecule has 0 aliphatic carbocycles. The molecule has 66 valence electrons. The first-order chi connectivity index (χ1) is 5.72. The number of rotatable bonds is 3. The third-order valence-electron chi connectivity index (χ3n) is 1.62. The Morgan fingerprint density at radius 3 is 2.58 bits per heavy atom. The summed E-state index contributed by atoms with van der Waals surface area (Å²) in [4.78, 5) is 4.16. The average Bonchev–Trinajstić information content (AvgIpc) is 2.03. The Morgan fingerprint density at radius 1 is 1.33 bits per heavy atom. The van der Waals surface area contributed by atoms with Gasteiger partial charge in [0, 0.05) is 5.69 Å². The molecule has 0 N–H and O–H groups in total. The van der Waals surface area contributed by atoms with E-state index >= 15 is 0 Å². The number of alkyl halides is 1. The van der Waals surface area contributed by atoms with E-state index in [9.17, 15) is 4.39 Å². The van der Waals surface area contributed by atoms with Crippen LogP contribution in [-0.2, 0) is 13.1 Å². The molecule has 1 heterocycles. The van der Waals surface area contributed by atoms with E-state index in [1.54, 1.807) is 6.07 Å². The first-order valence-corrected chi connectivity index (χ1v) is 4.23. The highest BCUT2D eigenvalue weighted by Gasteiger charge is 1.99. The fraction of sp³-hybridized carbons (Fsp3) is 0.500. The van der Waals surface area contributed by atoms with Gasteiger partial charge in [-0.05, 0) is 24.5 Å². The molecule has 1 aromatic rings.